The molecule has 0 radical (unpaired) electrons. The highest BCUT2D eigenvalue weighted by atomic mass is 35.5. The zero-order valence-corrected chi connectivity index (χ0v) is 15.2. The van der Waals surface area contributed by atoms with E-state index >= 15 is 0 Å². The van der Waals surface area contributed by atoms with E-state index in [2.05, 4.69) is 10.4 Å². The van der Waals surface area contributed by atoms with E-state index < -0.39 is 18.0 Å². The largest absolute Gasteiger partial charge is 0.322 e. The van der Waals surface area contributed by atoms with Crippen molar-refractivity contribution in [3.63, 3.8) is 0 Å². The van der Waals surface area contributed by atoms with Crippen LogP contribution in [0, 0.1) is 0 Å². The maximum absolute atomic E-state index is 13.1. The van der Waals surface area contributed by atoms with Crippen LogP contribution in [0.3, 0.4) is 0 Å². The van der Waals surface area contributed by atoms with Crippen LogP contribution >= 0.6 is 11.6 Å². The number of hydrogen-bond acceptors (Lipinski definition) is 2. The number of carbonyl (C=O) groups is 1. The van der Waals surface area contributed by atoms with Gasteiger partial charge in [-0.2, -0.15) is 5.10 Å². The van der Waals surface area contributed by atoms with E-state index in [9.17, 15) is 13.6 Å². The summed E-state index contributed by atoms with van der Waals surface area (Å²) in [5, 5.41) is 6.45. The Morgan fingerprint density at radius 2 is 2.04 bits per heavy atom. The van der Waals surface area contributed by atoms with Gasteiger partial charge in [-0.25, -0.2) is 8.78 Å². The van der Waals surface area contributed by atoms with Gasteiger partial charge >= 0.3 is 0 Å². The van der Waals surface area contributed by atoms with Gasteiger partial charge in [0, 0.05) is 24.3 Å². The van der Waals surface area contributed by atoms with Crippen LogP contribution in [0.4, 0.5) is 14.5 Å². The van der Waals surface area contributed by atoms with Crippen LogP contribution in [-0.2, 0) is 7.05 Å². The SMILES string of the molecule is CCC(Cl)CC(C)c1ccccc1NC(=O)c1cn(C)nc1C(F)F. The molecular weight excluding hydrogens is 348 g/mol. The van der Waals surface area contributed by atoms with Crippen LogP contribution in [-0.4, -0.2) is 21.1 Å². The molecule has 1 amide bonds. The summed E-state index contributed by atoms with van der Waals surface area (Å²) in [4.78, 5) is 12.5. The molecule has 4 nitrogen and oxygen atoms in total. The highest BCUT2D eigenvalue weighted by molar-refractivity contribution is 6.20. The Morgan fingerprint density at radius 3 is 2.68 bits per heavy atom. The van der Waals surface area contributed by atoms with Crippen LogP contribution in [0.1, 0.15) is 60.6 Å². The molecule has 0 bridgehead atoms. The molecule has 136 valence electrons. The van der Waals surface area contributed by atoms with Crippen LogP contribution < -0.4 is 5.32 Å². The predicted molar refractivity (Wildman–Crippen MR) is 95.5 cm³/mol. The van der Waals surface area contributed by atoms with Crippen molar-refractivity contribution in [2.75, 3.05) is 5.32 Å². The highest BCUT2D eigenvalue weighted by Gasteiger charge is 2.23. The Hall–Kier alpha value is -1.95. The molecule has 0 spiro atoms. The number of alkyl halides is 3. The van der Waals surface area contributed by atoms with E-state index in [4.69, 9.17) is 11.6 Å². The maximum Gasteiger partial charge on any atom is 0.282 e. The van der Waals surface area contributed by atoms with Gasteiger partial charge < -0.3 is 5.32 Å². The van der Waals surface area contributed by atoms with Gasteiger partial charge in [-0.3, -0.25) is 9.48 Å². The Morgan fingerprint density at radius 1 is 1.36 bits per heavy atom. The normalized spacial score (nSPS) is 13.7. The molecule has 0 aliphatic rings. The minimum Gasteiger partial charge on any atom is -0.322 e. The lowest BCUT2D eigenvalue weighted by Gasteiger charge is -2.19. The Bertz CT molecular complexity index is 733. The predicted octanol–water partition coefficient (Wildman–Crippen LogP) is 5.12. The molecule has 2 atom stereocenters. The van der Waals surface area contributed by atoms with Crippen molar-refractivity contribution in [3.05, 3.63) is 47.3 Å². The van der Waals surface area contributed by atoms with Gasteiger partial charge in [-0.1, -0.05) is 32.0 Å². The third-order valence-electron chi connectivity index (χ3n) is 4.10. The summed E-state index contributed by atoms with van der Waals surface area (Å²) < 4.78 is 27.3. The molecule has 25 heavy (non-hydrogen) atoms. The van der Waals surface area contributed by atoms with Gasteiger partial charge in [0.1, 0.15) is 5.69 Å². The standard InChI is InChI=1S/C18H22ClF2N3O/c1-4-12(19)9-11(2)13-7-5-6-8-15(13)22-18(25)14-10-24(3)23-16(14)17(20)21/h5-8,10-12,17H,4,9H2,1-3H3,(H,22,25). The van der Waals surface area contributed by atoms with Crippen molar-refractivity contribution in [2.45, 2.75) is 44.4 Å². The molecule has 7 heteroatoms. The second-order valence-corrected chi connectivity index (χ2v) is 6.70. The lowest BCUT2D eigenvalue weighted by Crippen LogP contribution is -2.16. The van der Waals surface area contributed by atoms with Crippen LogP contribution in [0.5, 0.6) is 0 Å². The van der Waals surface area contributed by atoms with Gasteiger partial charge in [0.05, 0.1) is 5.56 Å². The molecule has 2 aromatic rings. The average Bonchev–Trinajstić information content (AvgIpc) is 2.97. The second-order valence-electron chi connectivity index (χ2n) is 6.09. The molecular formula is C18H22ClF2N3O. The first-order valence-corrected chi connectivity index (χ1v) is 8.63. The first-order valence-electron chi connectivity index (χ1n) is 8.19. The number of halogens is 3. The number of aromatic nitrogens is 2. The Kier molecular flexibility index (Phi) is 6.53. The summed E-state index contributed by atoms with van der Waals surface area (Å²) in [7, 11) is 1.50. The Balaban J connectivity index is 2.25. The number of nitrogens with zero attached hydrogens (tertiary/aromatic N) is 2. The lowest BCUT2D eigenvalue weighted by atomic mass is 9.93. The molecule has 2 rings (SSSR count). The van der Waals surface area contributed by atoms with E-state index in [1.54, 1.807) is 12.1 Å². The van der Waals surface area contributed by atoms with E-state index in [1.807, 2.05) is 26.0 Å². The fourth-order valence-corrected chi connectivity index (χ4v) is 3.02. The minimum absolute atomic E-state index is 0.0440. The first kappa shape index (κ1) is 19.4. The Labute approximate surface area is 151 Å². The smallest absolute Gasteiger partial charge is 0.282 e. The monoisotopic (exact) mass is 369 g/mol. The molecule has 1 N–H and O–H groups in total. The number of anilines is 1. The third kappa shape index (κ3) is 4.78. The topological polar surface area (TPSA) is 46.9 Å². The maximum atomic E-state index is 13.1. The van der Waals surface area contributed by atoms with Crippen molar-refractivity contribution in [2.24, 2.45) is 7.05 Å². The summed E-state index contributed by atoms with van der Waals surface area (Å²) >= 11 is 6.24. The van der Waals surface area contributed by atoms with Crippen molar-refractivity contribution >= 4 is 23.2 Å². The van der Waals surface area contributed by atoms with Crippen molar-refractivity contribution in [1.29, 1.82) is 0 Å². The number of benzene rings is 1. The van der Waals surface area contributed by atoms with E-state index in [-0.39, 0.29) is 16.9 Å². The summed E-state index contributed by atoms with van der Waals surface area (Å²) in [5.74, 6) is -0.469. The first-order chi connectivity index (χ1) is 11.8. The number of nitrogens with one attached hydrogen (secondary N) is 1. The van der Waals surface area contributed by atoms with Gasteiger partial charge in [0.25, 0.3) is 12.3 Å². The fourth-order valence-electron chi connectivity index (χ4n) is 2.75. The summed E-state index contributed by atoms with van der Waals surface area (Å²) in [6.07, 6.45) is 0.112. The van der Waals surface area contributed by atoms with Gasteiger partial charge in [0.2, 0.25) is 0 Å². The fraction of sp³-hybridized carbons (Fsp3) is 0.444. The highest BCUT2D eigenvalue weighted by Crippen LogP contribution is 2.30. The van der Waals surface area contributed by atoms with Crippen LogP contribution in [0.15, 0.2) is 30.5 Å². The molecule has 1 aromatic carbocycles. The molecule has 0 aliphatic heterocycles. The quantitative estimate of drug-likeness (QED) is 0.688. The summed E-state index contributed by atoms with van der Waals surface area (Å²) in [6, 6.07) is 7.35. The van der Waals surface area contributed by atoms with Crippen molar-refractivity contribution < 1.29 is 13.6 Å². The van der Waals surface area contributed by atoms with Crippen LogP contribution in [0.2, 0.25) is 0 Å². The van der Waals surface area contributed by atoms with Crippen LogP contribution in [0.25, 0.3) is 0 Å². The second kappa shape index (κ2) is 8.43. The van der Waals surface area contributed by atoms with Crippen molar-refractivity contribution in [1.82, 2.24) is 9.78 Å². The summed E-state index contributed by atoms with van der Waals surface area (Å²) in [6.45, 7) is 4.05. The van der Waals surface area contributed by atoms with Gasteiger partial charge in [-0.05, 0) is 30.4 Å². The average molecular weight is 370 g/mol. The third-order valence-corrected chi connectivity index (χ3v) is 4.59. The number of amides is 1. The van der Waals surface area contributed by atoms with Gasteiger partial charge in [0.15, 0.2) is 0 Å². The number of rotatable bonds is 7. The zero-order chi connectivity index (χ0) is 18.6. The number of aryl methyl sites for hydroxylation is 1. The van der Waals surface area contributed by atoms with E-state index in [1.165, 1.54) is 17.9 Å². The molecule has 2 unspecified atom stereocenters. The number of carbonyl (C=O) groups excluding carboxylic acids is 1. The molecule has 0 aliphatic carbocycles. The molecule has 1 aromatic heterocycles. The van der Waals surface area contributed by atoms with Crippen molar-refractivity contribution in [3.8, 4) is 0 Å². The summed E-state index contributed by atoms with van der Waals surface area (Å²) in [5.41, 5.74) is 0.891. The lowest BCUT2D eigenvalue weighted by molar-refractivity contribution is 0.101. The van der Waals surface area contributed by atoms with Gasteiger partial charge in [-0.15, -0.1) is 11.6 Å². The zero-order valence-electron chi connectivity index (χ0n) is 14.5. The molecule has 0 saturated heterocycles. The van der Waals surface area contributed by atoms with E-state index in [0.717, 1.165) is 18.4 Å². The molecule has 0 saturated carbocycles. The number of hydrogen-bond donors (Lipinski definition) is 1. The minimum atomic E-state index is -2.81. The molecule has 0 fully saturated rings. The number of para-hydroxylation sites is 1. The van der Waals surface area contributed by atoms with E-state index in [0.29, 0.717) is 5.69 Å². The molecule has 1 heterocycles.